The van der Waals surface area contributed by atoms with Crippen molar-refractivity contribution in [3.63, 3.8) is 0 Å². The Morgan fingerprint density at radius 1 is 0.867 bits per heavy atom. The van der Waals surface area contributed by atoms with Crippen molar-refractivity contribution in [1.29, 1.82) is 0 Å². The van der Waals surface area contributed by atoms with Crippen molar-refractivity contribution in [2.24, 2.45) is 0 Å². The first-order valence-corrected chi connectivity index (χ1v) is 9.13. The second-order valence-electron chi connectivity index (χ2n) is 6.48. The number of phenols is 1. The fourth-order valence-electron chi connectivity index (χ4n) is 3.44. The number of esters is 2. The molecule has 1 heterocycles. The van der Waals surface area contributed by atoms with Crippen LogP contribution in [0.3, 0.4) is 0 Å². The number of fused-ring (bicyclic) bond motifs is 1. The highest BCUT2D eigenvalue weighted by molar-refractivity contribution is 6.10. The van der Waals surface area contributed by atoms with Crippen molar-refractivity contribution in [2.75, 3.05) is 14.2 Å². The van der Waals surface area contributed by atoms with E-state index in [1.807, 2.05) is 30.3 Å². The van der Waals surface area contributed by atoms with E-state index in [0.29, 0.717) is 16.6 Å². The minimum Gasteiger partial charge on any atom is -0.507 e. The van der Waals surface area contributed by atoms with Crippen molar-refractivity contribution < 1.29 is 24.2 Å². The van der Waals surface area contributed by atoms with Gasteiger partial charge in [-0.05, 0) is 29.0 Å². The number of phenolic OH excluding ortho intramolecular Hbond substituents is 1. The van der Waals surface area contributed by atoms with Crippen LogP contribution < -0.4 is 0 Å². The van der Waals surface area contributed by atoms with Gasteiger partial charge in [0.05, 0.1) is 25.5 Å². The molecule has 7 nitrogen and oxygen atoms in total. The van der Waals surface area contributed by atoms with Crippen LogP contribution in [0.2, 0.25) is 0 Å². The molecule has 150 valence electrons. The van der Waals surface area contributed by atoms with E-state index in [9.17, 15) is 14.7 Å². The van der Waals surface area contributed by atoms with Gasteiger partial charge in [0.1, 0.15) is 17.0 Å². The Hall–Kier alpha value is -4.13. The molecule has 4 aromatic rings. The van der Waals surface area contributed by atoms with Crippen LogP contribution in [0.4, 0.5) is 0 Å². The lowest BCUT2D eigenvalue weighted by Gasteiger charge is -2.09. The van der Waals surface area contributed by atoms with Crippen LogP contribution in [0.15, 0.2) is 66.7 Å². The summed E-state index contributed by atoms with van der Waals surface area (Å²) in [6.07, 6.45) is 0. The maximum atomic E-state index is 12.8. The van der Waals surface area contributed by atoms with E-state index in [-0.39, 0.29) is 22.7 Å². The fraction of sp³-hybridized carbons (Fsp3) is 0.0870. The predicted molar refractivity (Wildman–Crippen MR) is 111 cm³/mol. The lowest BCUT2D eigenvalue weighted by Crippen LogP contribution is -2.15. The summed E-state index contributed by atoms with van der Waals surface area (Å²) in [5.41, 5.74) is 0.834. The van der Waals surface area contributed by atoms with Crippen molar-refractivity contribution in [2.45, 2.75) is 0 Å². The van der Waals surface area contributed by atoms with E-state index in [0.717, 1.165) is 5.39 Å². The minimum absolute atomic E-state index is 0.0759. The average molecular weight is 402 g/mol. The van der Waals surface area contributed by atoms with Crippen LogP contribution in [0.25, 0.3) is 27.7 Å². The molecule has 4 rings (SSSR count). The molecule has 0 aliphatic rings. The number of aromatic hydroxyl groups is 1. The number of carbonyl (C=O) groups excluding carboxylic acids is 2. The number of methoxy groups -OCH3 is 2. The zero-order valence-corrected chi connectivity index (χ0v) is 16.3. The highest BCUT2D eigenvalue weighted by Crippen LogP contribution is 2.39. The summed E-state index contributed by atoms with van der Waals surface area (Å²) in [6, 6.07) is 19.5. The largest absolute Gasteiger partial charge is 0.507 e. The number of hydrogen-bond donors (Lipinski definition) is 1. The van der Waals surface area contributed by atoms with Crippen LogP contribution in [0, 0.1) is 0 Å². The van der Waals surface area contributed by atoms with E-state index in [2.05, 4.69) is 5.10 Å². The highest BCUT2D eigenvalue weighted by atomic mass is 16.5. The molecular formula is C23H18N2O5. The number of nitrogens with zero attached hydrogens (tertiary/aromatic N) is 2. The first kappa shape index (κ1) is 19.2. The maximum Gasteiger partial charge on any atom is 0.357 e. The molecule has 0 bridgehead atoms. The summed E-state index contributed by atoms with van der Waals surface area (Å²) in [7, 11) is 2.44. The second kappa shape index (κ2) is 7.71. The van der Waals surface area contributed by atoms with Gasteiger partial charge in [0.15, 0.2) is 5.69 Å². The molecule has 0 radical (unpaired) electrons. The number of ether oxygens (including phenoxy) is 2. The summed E-state index contributed by atoms with van der Waals surface area (Å²) >= 11 is 0. The number of hydrogen-bond acceptors (Lipinski definition) is 6. The number of aromatic nitrogens is 2. The molecule has 1 N–H and O–H groups in total. The SMILES string of the molecule is COC(=O)c1c(-c2c(O)ccc3ccccc23)nn(-c2ccccc2)c1C(=O)OC. The van der Waals surface area contributed by atoms with Crippen molar-refractivity contribution >= 4 is 22.7 Å². The smallest absolute Gasteiger partial charge is 0.357 e. The lowest BCUT2D eigenvalue weighted by atomic mass is 9.98. The van der Waals surface area contributed by atoms with Gasteiger partial charge in [0.25, 0.3) is 0 Å². The fourth-order valence-corrected chi connectivity index (χ4v) is 3.44. The molecule has 0 amide bonds. The third-order valence-corrected chi connectivity index (χ3v) is 4.80. The lowest BCUT2D eigenvalue weighted by molar-refractivity contribution is 0.0549. The van der Waals surface area contributed by atoms with Crippen molar-refractivity contribution in [3.05, 3.63) is 78.0 Å². The molecule has 0 saturated heterocycles. The third kappa shape index (κ3) is 3.06. The Kier molecular flexibility index (Phi) is 4.93. The highest BCUT2D eigenvalue weighted by Gasteiger charge is 2.32. The van der Waals surface area contributed by atoms with Crippen LogP contribution in [-0.4, -0.2) is 41.0 Å². The number of benzene rings is 3. The van der Waals surface area contributed by atoms with E-state index in [1.54, 1.807) is 30.3 Å². The summed E-state index contributed by atoms with van der Waals surface area (Å²) in [4.78, 5) is 25.5. The van der Waals surface area contributed by atoms with Gasteiger partial charge in [-0.1, -0.05) is 48.5 Å². The first-order valence-electron chi connectivity index (χ1n) is 9.13. The second-order valence-corrected chi connectivity index (χ2v) is 6.48. The van der Waals surface area contributed by atoms with Gasteiger partial charge in [-0.2, -0.15) is 5.10 Å². The topological polar surface area (TPSA) is 90.6 Å². The normalized spacial score (nSPS) is 10.7. The minimum atomic E-state index is -0.764. The molecule has 3 aromatic carbocycles. The zero-order chi connectivity index (χ0) is 21.3. The summed E-state index contributed by atoms with van der Waals surface area (Å²) in [5, 5.41) is 16.8. The molecule has 0 unspecified atom stereocenters. The van der Waals surface area contributed by atoms with Gasteiger partial charge < -0.3 is 14.6 Å². The molecule has 0 spiro atoms. The first-order chi connectivity index (χ1) is 14.6. The molecule has 7 heteroatoms. The number of rotatable bonds is 4. The van der Waals surface area contributed by atoms with E-state index in [1.165, 1.54) is 25.0 Å². The molecule has 30 heavy (non-hydrogen) atoms. The Morgan fingerprint density at radius 3 is 2.23 bits per heavy atom. The number of carbonyl (C=O) groups is 2. The third-order valence-electron chi connectivity index (χ3n) is 4.80. The number of para-hydroxylation sites is 1. The average Bonchev–Trinajstić information content (AvgIpc) is 3.18. The zero-order valence-electron chi connectivity index (χ0n) is 16.3. The summed E-state index contributed by atoms with van der Waals surface area (Å²) in [5.74, 6) is -1.59. The van der Waals surface area contributed by atoms with Crippen LogP contribution in [-0.2, 0) is 9.47 Å². The molecule has 1 aromatic heterocycles. The molecule has 0 atom stereocenters. The van der Waals surface area contributed by atoms with E-state index >= 15 is 0 Å². The van der Waals surface area contributed by atoms with Gasteiger partial charge >= 0.3 is 11.9 Å². The molecule has 0 aliphatic carbocycles. The van der Waals surface area contributed by atoms with Crippen LogP contribution >= 0.6 is 0 Å². The Labute approximate surface area is 172 Å². The molecule has 0 aliphatic heterocycles. The van der Waals surface area contributed by atoms with Crippen molar-refractivity contribution in [1.82, 2.24) is 9.78 Å². The Bertz CT molecular complexity index is 1260. The van der Waals surface area contributed by atoms with Gasteiger partial charge in [0, 0.05) is 0 Å². The predicted octanol–water partition coefficient (Wildman–Crippen LogP) is 3.97. The molecular weight excluding hydrogens is 384 g/mol. The van der Waals surface area contributed by atoms with Gasteiger partial charge in [-0.15, -0.1) is 0 Å². The Balaban J connectivity index is 2.14. The standard InChI is InChI=1S/C23H18N2O5/c1-29-22(27)19-20(18-16-11-7-6-8-14(16)12-13-17(18)26)24-25(21(19)23(28)30-2)15-9-4-3-5-10-15/h3-13,26H,1-2H3. The molecule has 0 saturated carbocycles. The van der Waals surface area contributed by atoms with Gasteiger partial charge in [-0.3, -0.25) is 0 Å². The van der Waals surface area contributed by atoms with Gasteiger partial charge in [-0.25, -0.2) is 14.3 Å². The van der Waals surface area contributed by atoms with E-state index in [4.69, 9.17) is 9.47 Å². The van der Waals surface area contributed by atoms with Crippen molar-refractivity contribution in [3.8, 4) is 22.7 Å². The Morgan fingerprint density at radius 2 is 1.53 bits per heavy atom. The quantitative estimate of drug-likeness (QED) is 0.520. The maximum absolute atomic E-state index is 12.8. The van der Waals surface area contributed by atoms with Gasteiger partial charge in [0.2, 0.25) is 0 Å². The van der Waals surface area contributed by atoms with Crippen LogP contribution in [0.1, 0.15) is 20.8 Å². The molecule has 0 fully saturated rings. The summed E-state index contributed by atoms with van der Waals surface area (Å²) in [6.45, 7) is 0. The van der Waals surface area contributed by atoms with Crippen LogP contribution in [0.5, 0.6) is 5.75 Å². The summed E-state index contributed by atoms with van der Waals surface area (Å²) < 4.78 is 11.2. The van der Waals surface area contributed by atoms with E-state index < -0.39 is 11.9 Å². The monoisotopic (exact) mass is 402 g/mol.